The van der Waals surface area contributed by atoms with E-state index < -0.39 is 0 Å². The molecule has 0 saturated heterocycles. The lowest BCUT2D eigenvalue weighted by Gasteiger charge is -2.19. The van der Waals surface area contributed by atoms with Crippen molar-refractivity contribution >= 4 is 0 Å². The van der Waals surface area contributed by atoms with Crippen LogP contribution < -0.4 is 0 Å². The minimum Gasteiger partial charge on any atom is -0.505 e. The summed E-state index contributed by atoms with van der Waals surface area (Å²) >= 11 is 0. The van der Waals surface area contributed by atoms with Crippen LogP contribution in [-0.2, 0) is 4.74 Å². The Labute approximate surface area is 88.0 Å². The Bertz CT molecular complexity index is 150. The zero-order valence-corrected chi connectivity index (χ0v) is 9.75. The summed E-state index contributed by atoms with van der Waals surface area (Å²) in [6.07, 6.45) is 9.56. The van der Waals surface area contributed by atoms with Gasteiger partial charge in [-0.25, -0.2) is 0 Å². The van der Waals surface area contributed by atoms with E-state index in [4.69, 9.17) is 9.84 Å². The van der Waals surface area contributed by atoms with Gasteiger partial charge in [-0.05, 0) is 24.3 Å². The summed E-state index contributed by atoms with van der Waals surface area (Å²) in [7, 11) is 1.67. The Kier molecular flexibility index (Phi) is 7.58. The topological polar surface area (TPSA) is 29.5 Å². The van der Waals surface area contributed by atoms with E-state index >= 15 is 0 Å². The Hall–Kier alpha value is -0.500. The fourth-order valence-corrected chi connectivity index (χ4v) is 1.38. The Morgan fingerprint density at radius 1 is 1.14 bits per heavy atom. The molecule has 84 valence electrons. The first kappa shape index (κ1) is 13.5. The first-order valence-electron chi connectivity index (χ1n) is 5.44. The van der Waals surface area contributed by atoms with Crippen LogP contribution in [0.25, 0.3) is 0 Å². The van der Waals surface area contributed by atoms with E-state index in [9.17, 15) is 0 Å². The van der Waals surface area contributed by atoms with Gasteiger partial charge < -0.3 is 9.84 Å². The van der Waals surface area contributed by atoms with Crippen molar-refractivity contribution in [1.82, 2.24) is 0 Å². The van der Waals surface area contributed by atoms with E-state index in [0.29, 0.717) is 6.61 Å². The van der Waals surface area contributed by atoms with Crippen molar-refractivity contribution in [3.63, 3.8) is 0 Å². The fourth-order valence-electron chi connectivity index (χ4n) is 1.38. The van der Waals surface area contributed by atoms with Gasteiger partial charge in [0.1, 0.15) is 0 Å². The molecule has 0 amide bonds. The molecular weight excluding hydrogens is 176 g/mol. The monoisotopic (exact) mass is 200 g/mol. The number of hydrogen-bond acceptors (Lipinski definition) is 2. The Morgan fingerprint density at radius 2 is 1.79 bits per heavy atom. The molecule has 0 saturated carbocycles. The molecule has 2 nitrogen and oxygen atoms in total. The molecule has 0 atom stereocenters. The molecule has 0 heterocycles. The summed E-state index contributed by atoms with van der Waals surface area (Å²) in [5.74, 6) is 0. The smallest absolute Gasteiger partial charge is 0.0790 e. The minimum absolute atomic E-state index is 0.231. The SMILES string of the molecule is CO/C=C\C(C)(C)CCCCCCO. The van der Waals surface area contributed by atoms with Gasteiger partial charge in [-0.3, -0.25) is 0 Å². The maximum Gasteiger partial charge on any atom is 0.0790 e. The third-order valence-corrected chi connectivity index (χ3v) is 2.38. The van der Waals surface area contributed by atoms with E-state index in [0.717, 1.165) is 12.8 Å². The Morgan fingerprint density at radius 3 is 2.36 bits per heavy atom. The second-order valence-corrected chi connectivity index (χ2v) is 4.41. The lowest BCUT2D eigenvalue weighted by molar-refractivity contribution is 0.280. The van der Waals surface area contributed by atoms with Crippen molar-refractivity contribution in [3.05, 3.63) is 12.3 Å². The molecule has 0 rings (SSSR count). The van der Waals surface area contributed by atoms with Gasteiger partial charge in [-0.1, -0.05) is 33.1 Å². The van der Waals surface area contributed by atoms with Crippen LogP contribution >= 0.6 is 0 Å². The van der Waals surface area contributed by atoms with Crippen molar-refractivity contribution in [2.45, 2.75) is 46.0 Å². The molecule has 0 fully saturated rings. The van der Waals surface area contributed by atoms with Crippen LogP contribution in [0.1, 0.15) is 46.0 Å². The van der Waals surface area contributed by atoms with Crippen LogP contribution in [0.2, 0.25) is 0 Å². The molecule has 0 aliphatic heterocycles. The van der Waals surface area contributed by atoms with Crippen LogP contribution in [0, 0.1) is 5.41 Å². The molecule has 1 N–H and O–H groups in total. The lowest BCUT2D eigenvalue weighted by atomic mass is 9.87. The van der Waals surface area contributed by atoms with Gasteiger partial charge in [0.05, 0.1) is 13.4 Å². The summed E-state index contributed by atoms with van der Waals surface area (Å²) in [5.41, 5.74) is 0.231. The van der Waals surface area contributed by atoms with Gasteiger partial charge in [0.15, 0.2) is 0 Å². The molecule has 0 aromatic carbocycles. The first-order valence-corrected chi connectivity index (χ1v) is 5.44. The molecule has 0 spiro atoms. The number of rotatable bonds is 8. The number of aliphatic hydroxyl groups excluding tert-OH is 1. The van der Waals surface area contributed by atoms with Crippen LogP contribution in [0.5, 0.6) is 0 Å². The average Bonchev–Trinajstić information content (AvgIpc) is 2.15. The van der Waals surface area contributed by atoms with Gasteiger partial charge in [0, 0.05) is 6.61 Å². The molecule has 0 aromatic rings. The third-order valence-electron chi connectivity index (χ3n) is 2.38. The van der Waals surface area contributed by atoms with Crippen LogP contribution in [0.3, 0.4) is 0 Å². The first-order chi connectivity index (χ1) is 6.62. The predicted octanol–water partition coefficient (Wildman–Crippen LogP) is 3.12. The molecule has 2 heteroatoms. The minimum atomic E-state index is 0.231. The van der Waals surface area contributed by atoms with Crippen LogP contribution in [0.15, 0.2) is 12.3 Å². The highest BCUT2D eigenvalue weighted by atomic mass is 16.5. The van der Waals surface area contributed by atoms with Gasteiger partial charge in [0.2, 0.25) is 0 Å². The van der Waals surface area contributed by atoms with E-state index in [1.807, 2.05) is 0 Å². The molecule has 0 aliphatic rings. The molecule has 0 aromatic heterocycles. The van der Waals surface area contributed by atoms with Gasteiger partial charge in [-0.15, -0.1) is 0 Å². The van der Waals surface area contributed by atoms with Crippen molar-refractivity contribution in [3.8, 4) is 0 Å². The molecule has 14 heavy (non-hydrogen) atoms. The molecule has 0 unspecified atom stereocenters. The summed E-state index contributed by atoms with van der Waals surface area (Å²) < 4.78 is 4.91. The zero-order chi connectivity index (χ0) is 10.9. The highest BCUT2D eigenvalue weighted by Gasteiger charge is 2.12. The fraction of sp³-hybridized carbons (Fsp3) is 0.833. The summed E-state index contributed by atoms with van der Waals surface area (Å²) in [5, 5.41) is 8.61. The van der Waals surface area contributed by atoms with Crippen molar-refractivity contribution in [2.75, 3.05) is 13.7 Å². The van der Waals surface area contributed by atoms with E-state index in [-0.39, 0.29) is 5.41 Å². The molecule has 0 bridgehead atoms. The number of allylic oxidation sites excluding steroid dienone is 1. The highest BCUT2D eigenvalue weighted by molar-refractivity contribution is 4.90. The van der Waals surface area contributed by atoms with Crippen molar-refractivity contribution < 1.29 is 9.84 Å². The number of ether oxygens (including phenoxy) is 1. The highest BCUT2D eigenvalue weighted by Crippen LogP contribution is 2.25. The van der Waals surface area contributed by atoms with Crippen LogP contribution in [0.4, 0.5) is 0 Å². The number of methoxy groups -OCH3 is 1. The number of aliphatic hydroxyl groups is 1. The van der Waals surface area contributed by atoms with Crippen molar-refractivity contribution in [1.29, 1.82) is 0 Å². The van der Waals surface area contributed by atoms with Gasteiger partial charge in [-0.2, -0.15) is 0 Å². The van der Waals surface area contributed by atoms with E-state index in [2.05, 4.69) is 19.9 Å². The third kappa shape index (κ3) is 8.11. The quantitative estimate of drug-likeness (QED) is 0.482. The second kappa shape index (κ2) is 7.86. The largest absolute Gasteiger partial charge is 0.505 e. The normalized spacial score (nSPS) is 12.3. The standard InChI is InChI=1S/C12H24O2/c1-12(2,9-11-14-3)8-6-4-5-7-10-13/h9,11,13H,4-8,10H2,1-3H3/b11-9-. The molecular formula is C12H24O2. The van der Waals surface area contributed by atoms with Gasteiger partial charge in [0.25, 0.3) is 0 Å². The lowest BCUT2D eigenvalue weighted by Crippen LogP contribution is -2.07. The van der Waals surface area contributed by atoms with Crippen molar-refractivity contribution in [2.24, 2.45) is 5.41 Å². The van der Waals surface area contributed by atoms with Crippen LogP contribution in [-0.4, -0.2) is 18.8 Å². The summed E-state index contributed by atoms with van der Waals surface area (Å²) in [4.78, 5) is 0. The summed E-state index contributed by atoms with van der Waals surface area (Å²) in [6, 6.07) is 0. The zero-order valence-electron chi connectivity index (χ0n) is 9.75. The Balaban J connectivity index is 3.50. The second-order valence-electron chi connectivity index (χ2n) is 4.41. The predicted molar refractivity (Wildman–Crippen MR) is 60.1 cm³/mol. The number of hydrogen-bond donors (Lipinski definition) is 1. The number of unbranched alkanes of at least 4 members (excludes halogenated alkanes) is 3. The van der Waals surface area contributed by atoms with Gasteiger partial charge >= 0.3 is 0 Å². The maximum absolute atomic E-state index is 8.61. The molecule has 0 radical (unpaired) electrons. The maximum atomic E-state index is 8.61. The summed E-state index contributed by atoms with van der Waals surface area (Å²) in [6.45, 7) is 4.76. The molecule has 0 aliphatic carbocycles. The van der Waals surface area contributed by atoms with E-state index in [1.54, 1.807) is 13.4 Å². The van der Waals surface area contributed by atoms with E-state index in [1.165, 1.54) is 19.3 Å². The average molecular weight is 200 g/mol.